The lowest BCUT2D eigenvalue weighted by Gasteiger charge is -2.33. The summed E-state index contributed by atoms with van der Waals surface area (Å²) in [4.78, 5) is 54.3. The van der Waals surface area contributed by atoms with Gasteiger partial charge < -0.3 is 35.8 Å². The lowest BCUT2D eigenvalue weighted by Crippen LogP contribution is -2.59. The average Bonchev–Trinajstić information content (AvgIpc) is 2.96. The SMILES string of the molecule is CC(C)[C@H](NC(=O)OC(C)(C)C)C(=O)NC(Sc1ccccc1)C(O)C(NC(=O)[C@@H](NC(=O)OC(C)(C)C)C(C)C)Sc1ccccc1. The van der Waals surface area contributed by atoms with Gasteiger partial charge in [0.2, 0.25) is 11.8 Å². The van der Waals surface area contributed by atoms with Gasteiger partial charge in [-0.3, -0.25) is 9.59 Å². The maximum Gasteiger partial charge on any atom is 0.408 e. The zero-order valence-electron chi connectivity index (χ0n) is 29.5. The summed E-state index contributed by atoms with van der Waals surface area (Å²) in [6.45, 7) is 17.5. The summed E-state index contributed by atoms with van der Waals surface area (Å²) in [7, 11) is 0. The number of hydrogen-bond donors (Lipinski definition) is 5. The first-order valence-electron chi connectivity index (χ1n) is 16.0. The molecule has 4 atom stereocenters. The molecule has 11 nitrogen and oxygen atoms in total. The number of carbonyl (C=O) groups is 4. The molecule has 48 heavy (non-hydrogen) atoms. The van der Waals surface area contributed by atoms with E-state index >= 15 is 0 Å². The lowest BCUT2D eigenvalue weighted by molar-refractivity contribution is -0.125. The van der Waals surface area contributed by atoms with Crippen LogP contribution in [0.25, 0.3) is 0 Å². The minimum Gasteiger partial charge on any atom is -0.444 e. The van der Waals surface area contributed by atoms with Crippen molar-refractivity contribution in [2.45, 2.75) is 119 Å². The van der Waals surface area contributed by atoms with Gasteiger partial charge in [-0.05, 0) is 77.6 Å². The average molecular weight is 705 g/mol. The fourth-order valence-electron chi connectivity index (χ4n) is 4.22. The van der Waals surface area contributed by atoms with E-state index in [1.54, 1.807) is 69.2 Å². The second-order valence-electron chi connectivity index (χ2n) is 13.9. The minimum absolute atomic E-state index is 0.322. The smallest absolute Gasteiger partial charge is 0.408 e. The largest absolute Gasteiger partial charge is 0.444 e. The van der Waals surface area contributed by atoms with Gasteiger partial charge in [0.15, 0.2) is 0 Å². The third-order valence-electron chi connectivity index (χ3n) is 6.44. The monoisotopic (exact) mass is 704 g/mol. The van der Waals surface area contributed by atoms with Crippen molar-refractivity contribution in [3.8, 4) is 0 Å². The van der Waals surface area contributed by atoms with E-state index in [0.717, 1.165) is 9.79 Å². The Morgan fingerprint density at radius 1 is 0.583 bits per heavy atom. The van der Waals surface area contributed by atoms with Crippen molar-refractivity contribution in [1.29, 1.82) is 0 Å². The number of nitrogens with one attached hydrogen (secondary N) is 4. The van der Waals surface area contributed by atoms with E-state index in [9.17, 15) is 24.3 Å². The van der Waals surface area contributed by atoms with Gasteiger partial charge in [0.25, 0.3) is 0 Å². The fraction of sp³-hybridized carbons (Fsp3) is 0.543. The Labute approximate surface area is 293 Å². The molecule has 2 rings (SSSR count). The molecule has 0 saturated heterocycles. The third kappa shape index (κ3) is 14.8. The Morgan fingerprint density at radius 3 is 1.17 bits per heavy atom. The van der Waals surface area contributed by atoms with Crippen LogP contribution in [0.3, 0.4) is 0 Å². The number of aliphatic hydroxyl groups excluding tert-OH is 1. The molecule has 0 aliphatic carbocycles. The van der Waals surface area contributed by atoms with E-state index < -0.39 is 64.1 Å². The quantitative estimate of drug-likeness (QED) is 0.119. The molecule has 0 fully saturated rings. The van der Waals surface area contributed by atoms with Gasteiger partial charge in [-0.25, -0.2) is 9.59 Å². The van der Waals surface area contributed by atoms with Gasteiger partial charge in [-0.2, -0.15) is 0 Å². The van der Waals surface area contributed by atoms with Crippen molar-refractivity contribution in [1.82, 2.24) is 21.3 Å². The number of benzene rings is 2. The van der Waals surface area contributed by atoms with Crippen LogP contribution in [0.15, 0.2) is 70.5 Å². The van der Waals surface area contributed by atoms with Gasteiger partial charge in [-0.15, -0.1) is 0 Å². The Hall–Kier alpha value is -3.42. The first-order valence-corrected chi connectivity index (χ1v) is 17.7. The maximum atomic E-state index is 13.8. The number of amides is 4. The molecule has 4 amide bonds. The van der Waals surface area contributed by atoms with Crippen LogP contribution in [0, 0.1) is 11.8 Å². The van der Waals surface area contributed by atoms with Crippen LogP contribution in [0.4, 0.5) is 9.59 Å². The maximum absolute atomic E-state index is 13.8. The highest BCUT2D eigenvalue weighted by atomic mass is 32.2. The number of thioether (sulfide) groups is 2. The standard InChI is InChI=1S/C35H52N4O7S2/c1-21(2)25(36-32(43)45-34(5,6)7)28(41)38-30(47-23-17-13-11-14-18-23)27(40)31(48-24-19-15-12-16-20-24)39-29(42)26(22(3)4)37-33(44)46-35(8,9)10/h11-22,25-27,30-31,40H,1-10H3,(H,36,43)(H,37,44)(H,38,41)(H,39,42)/t25-,26-,27?,30?,31?/m0/s1. The van der Waals surface area contributed by atoms with E-state index in [4.69, 9.17) is 9.47 Å². The summed E-state index contributed by atoms with van der Waals surface area (Å²) in [5, 5.41) is 21.2. The summed E-state index contributed by atoms with van der Waals surface area (Å²) < 4.78 is 10.8. The zero-order chi connectivity index (χ0) is 36.2. The van der Waals surface area contributed by atoms with E-state index in [2.05, 4.69) is 21.3 Å². The Balaban J connectivity index is 2.45. The molecular formula is C35H52N4O7S2. The lowest BCUT2D eigenvalue weighted by atomic mass is 10.0. The highest BCUT2D eigenvalue weighted by molar-refractivity contribution is 8.01. The van der Waals surface area contributed by atoms with Crippen molar-refractivity contribution < 1.29 is 33.8 Å². The van der Waals surface area contributed by atoms with Crippen LogP contribution in [0.1, 0.15) is 69.2 Å². The van der Waals surface area contributed by atoms with Gasteiger partial charge in [0.05, 0.1) is 0 Å². The Morgan fingerprint density at radius 2 is 0.896 bits per heavy atom. The molecule has 0 saturated carbocycles. The normalized spacial score (nSPS) is 15.0. The number of ether oxygens (including phenoxy) is 2. The van der Waals surface area contributed by atoms with E-state index in [-0.39, 0.29) is 11.8 Å². The van der Waals surface area contributed by atoms with E-state index in [1.807, 2.05) is 60.7 Å². The fourth-order valence-corrected chi connectivity index (χ4v) is 6.48. The molecule has 0 spiro atoms. The highest BCUT2D eigenvalue weighted by Gasteiger charge is 2.37. The second kappa shape index (κ2) is 18.4. The predicted octanol–water partition coefficient (Wildman–Crippen LogP) is 5.92. The summed E-state index contributed by atoms with van der Waals surface area (Å²) in [6, 6.07) is 16.4. The highest BCUT2D eigenvalue weighted by Crippen LogP contribution is 2.31. The number of alkyl carbamates (subject to hydrolysis) is 2. The zero-order valence-corrected chi connectivity index (χ0v) is 31.2. The molecule has 13 heteroatoms. The van der Waals surface area contributed by atoms with Crippen LogP contribution in [-0.2, 0) is 19.1 Å². The summed E-state index contributed by atoms with van der Waals surface area (Å²) in [5.74, 6) is -1.72. The van der Waals surface area contributed by atoms with Crippen molar-refractivity contribution >= 4 is 47.5 Å². The first kappa shape index (κ1) is 40.8. The van der Waals surface area contributed by atoms with Crippen molar-refractivity contribution in [2.24, 2.45) is 11.8 Å². The molecule has 2 aromatic rings. The van der Waals surface area contributed by atoms with Crippen LogP contribution >= 0.6 is 23.5 Å². The molecule has 0 aliphatic heterocycles. The van der Waals surface area contributed by atoms with Crippen LogP contribution in [-0.4, -0.2) is 69.2 Å². The number of aliphatic hydroxyl groups is 1. The van der Waals surface area contributed by atoms with Crippen molar-refractivity contribution in [3.63, 3.8) is 0 Å². The second-order valence-corrected chi connectivity index (χ2v) is 16.4. The predicted molar refractivity (Wildman–Crippen MR) is 190 cm³/mol. The van der Waals surface area contributed by atoms with Gasteiger partial charge >= 0.3 is 12.2 Å². The van der Waals surface area contributed by atoms with Crippen LogP contribution < -0.4 is 21.3 Å². The molecule has 0 aliphatic rings. The first-order chi connectivity index (χ1) is 22.3. The summed E-state index contributed by atoms with van der Waals surface area (Å²) in [5.41, 5.74) is -1.54. The number of carbonyl (C=O) groups excluding carboxylic acids is 4. The van der Waals surface area contributed by atoms with Gasteiger partial charge in [0.1, 0.15) is 40.1 Å². The molecule has 266 valence electrons. The van der Waals surface area contributed by atoms with E-state index in [0.29, 0.717) is 0 Å². The van der Waals surface area contributed by atoms with Crippen LogP contribution in [0.5, 0.6) is 0 Å². The van der Waals surface area contributed by atoms with E-state index in [1.165, 1.54) is 23.5 Å². The molecular weight excluding hydrogens is 653 g/mol. The third-order valence-corrected chi connectivity index (χ3v) is 8.83. The molecule has 0 bridgehead atoms. The topological polar surface area (TPSA) is 155 Å². The van der Waals surface area contributed by atoms with Gasteiger partial charge in [-0.1, -0.05) is 87.6 Å². The Kier molecular flexibility index (Phi) is 15.6. The van der Waals surface area contributed by atoms with Crippen molar-refractivity contribution in [3.05, 3.63) is 60.7 Å². The molecule has 0 aromatic heterocycles. The Bertz CT molecular complexity index is 1230. The van der Waals surface area contributed by atoms with Crippen LogP contribution in [0.2, 0.25) is 0 Å². The van der Waals surface area contributed by atoms with Crippen molar-refractivity contribution in [2.75, 3.05) is 0 Å². The molecule has 5 N–H and O–H groups in total. The molecule has 2 unspecified atom stereocenters. The number of hydrogen-bond acceptors (Lipinski definition) is 9. The summed E-state index contributed by atoms with van der Waals surface area (Å²) in [6.07, 6.45) is -2.85. The minimum atomic E-state index is -1.36. The molecule has 0 radical (unpaired) electrons. The summed E-state index contributed by atoms with van der Waals surface area (Å²) >= 11 is 2.40. The molecule has 0 heterocycles. The van der Waals surface area contributed by atoms with Gasteiger partial charge in [0, 0.05) is 9.79 Å². The molecule has 2 aromatic carbocycles. The number of rotatable bonds is 14.